The van der Waals surface area contributed by atoms with Crippen molar-refractivity contribution in [2.24, 2.45) is 0 Å². The molecule has 24 heavy (non-hydrogen) atoms. The first-order valence-electron chi connectivity index (χ1n) is 7.82. The van der Waals surface area contributed by atoms with Gasteiger partial charge in [0.1, 0.15) is 0 Å². The van der Waals surface area contributed by atoms with Crippen molar-refractivity contribution >= 4 is 40.4 Å². The quantitative estimate of drug-likeness (QED) is 0.903. The molecule has 1 aliphatic heterocycles. The molecular weight excluding hydrogens is 346 g/mol. The minimum Gasteiger partial charge on any atom is -0.339 e. The lowest BCUT2D eigenvalue weighted by Gasteiger charge is -2.18. The number of hydrogen-bond acceptors (Lipinski definition) is 4. The minimum atomic E-state index is -0.210. The number of aryl methyl sites for hydroxylation is 1. The van der Waals surface area contributed by atoms with Crippen molar-refractivity contribution in [2.45, 2.75) is 26.2 Å². The van der Waals surface area contributed by atoms with Crippen LogP contribution in [0.25, 0.3) is 0 Å². The molecular formula is C17H18ClN3O2S. The fraction of sp³-hybridized carbons (Fsp3) is 0.353. The summed E-state index contributed by atoms with van der Waals surface area (Å²) in [6.45, 7) is 3.41. The number of rotatable bonds is 4. The molecule has 1 fully saturated rings. The van der Waals surface area contributed by atoms with Gasteiger partial charge in [-0.2, -0.15) is 0 Å². The molecule has 5 nitrogen and oxygen atoms in total. The van der Waals surface area contributed by atoms with E-state index in [0.717, 1.165) is 36.6 Å². The first-order valence-corrected chi connectivity index (χ1v) is 9.08. The van der Waals surface area contributed by atoms with Crippen LogP contribution in [0.2, 0.25) is 5.02 Å². The van der Waals surface area contributed by atoms with Crippen LogP contribution in [0.5, 0.6) is 0 Å². The molecule has 7 heteroatoms. The van der Waals surface area contributed by atoms with E-state index in [1.807, 2.05) is 17.2 Å². The van der Waals surface area contributed by atoms with E-state index in [-0.39, 0.29) is 18.2 Å². The van der Waals surface area contributed by atoms with Gasteiger partial charge in [-0.25, -0.2) is 4.98 Å². The molecule has 0 atom stereocenters. The number of hydrogen-bond donors (Lipinski definition) is 1. The fourth-order valence-corrected chi connectivity index (χ4v) is 3.53. The number of halogens is 1. The van der Waals surface area contributed by atoms with Crippen molar-refractivity contribution in [1.29, 1.82) is 0 Å². The Morgan fingerprint density at radius 2 is 2.08 bits per heavy atom. The van der Waals surface area contributed by atoms with E-state index < -0.39 is 0 Å². The van der Waals surface area contributed by atoms with E-state index in [9.17, 15) is 9.59 Å². The molecule has 1 aliphatic rings. The third-order valence-electron chi connectivity index (χ3n) is 3.89. The normalized spacial score (nSPS) is 14.0. The number of anilines is 1. The first-order chi connectivity index (χ1) is 11.5. The number of benzene rings is 1. The molecule has 1 aromatic heterocycles. The van der Waals surface area contributed by atoms with Crippen LogP contribution in [0.4, 0.5) is 5.69 Å². The molecule has 2 amide bonds. The van der Waals surface area contributed by atoms with Crippen LogP contribution < -0.4 is 5.32 Å². The predicted octanol–water partition coefficient (Wildman–Crippen LogP) is 3.52. The summed E-state index contributed by atoms with van der Waals surface area (Å²) >= 11 is 7.55. The second kappa shape index (κ2) is 7.32. The number of nitrogens with one attached hydrogen (secondary N) is 1. The maximum absolute atomic E-state index is 12.6. The van der Waals surface area contributed by atoms with Gasteiger partial charge in [0.2, 0.25) is 5.91 Å². The molecule has 126 valence electrons. The third-order valence-corrected chi connectivity index (χ3v) is 4.95. The Hall–Kier alpha value is -1.92. The smallest absolute Gasteiger partial charge is 0.255 e. The molecule has 2 heterocycles. The summed E-state index contributed by atoms with van der Waals surface area (Å²) in [4.78, 5) is 31.0. The number of nitrogens with zero attached hydrogens (tertiary/aromatic N) is 2. The van der Waals surface area contributed by atoms with Gasteiger partial charge in [-0.15, -0.1) is 11.3 Å². The average Bonchev–Trinajstić information content (AvgIpc) is 3.18. The van der Waals surface area contributed by atoms with Gasteiger partial charge in [-0.1, -0.05) is 11.6 Å². The Morgan fingerprint density at radius 1 is 1.33 bits per heavy atom. The lowest BCUT2D eigenvalue weighted by molar-refractivity contribution is -0.115. The topological polar surface area (TPSA) is 62.3 Å². The van der Waals surface area contributed by atoms with Crippen LogP contribution in [0, 0.1) is 6.92 Å². The van der Waals surface area contributed by atoms with Gasteiger partial charge in [-0.05, 0) is 38.0 Å². The highest BCUT2D eigenvalue weighted by atomic mass is 35.5. The zero-order chi connectivity index (χ0) is 17.1. The lowest BCUT2D eigenvalue weighted by Crippen LogP contribution is -2.29. The van der Waals surface area contributed by atoms with Crippen molar-refractivity contribution < 1.29 is 9.59 Å². The van der Waals surface area contributed by atoms with Crippen LogP contribution in [0.1, 0.15) is 33.9 Å². The molecule has 1 saturated heterocycles. The van der Waals surface area contributed by atoms with Crippen LogP contribution in [-0.4, -0.2) is 34.8 Å². The highest BCUT2D eigenvalue weighted by molar-refractivity contribution is 7.09. The zero-order valence-corrected chi connectivity index (χ0v) is 14.9. The Morgan fingerprint density at radius 3 is 2.75 bits per heavy atom. The molecule has 0 aliphatic carbocycles. The molecule has 0 spiro atoms. The summed E-state index contributed by atoms with van der Waals surface area (Å²) in [7, 11) is 0. The number of aromatic nitrogens is 1. The first kappa shape index (κ1) is 16.9. The maximum Gasteiger partial charge on any atom is 0.255 e. The van der Waals surface area contributed by atoms with Gasteiger partial charge < -0.3 is 10.2 Å². The molecule has 3 rings (SSSR count). The molecule has 0 unspecified atom stereocenters. The third kappa shape index (κ3) is 3.94. The Balaban J connectivity index is 1.77. The highest BCUT2D eigenvalue weighted by Gasteiger charge is 2.22. The molecule has 2 aromatic rings. The van der Waals surface area contributed by atoms with Crippen molar-refractivity contribution in [2.75, 3.05) is 18.4 Å². The SMILES string of the molecule is Cc1nc(CC(=O)Nc2cc(Cl)ccc2C(=O)N2CCCC2)cs1. The van der Waals surface area contributed by atoms with E-state index in [4.69, 9.17) is 11.6 Å². The second-order valence-corrected chi connectivity index (χ2v) is 7.27. The van der Waals surface area contributed by atoms with Crippen molar-refractivity contribution in [3.05, 3.63) is 44.9 Å². The van der Waals surface area contributed by atoms with Crippen LogP contribution in [0.3, 0.4) is 0 Å². The van der Waals surface area contributed by atoms with Crippen LogP contribution >= 0.6 is 22.9 Å². The summed E-state index contributed by atoms with van der Waals surface area (Å²) < 4.78 is 0. The Labute approximate surface area is 149 Å². The molecule has 1 aromatic carbocycles. The van der Waals surface area contributed by atoms with E-state index in [2.05, 4.69) is 10.3 Å². The van der Waals surface area contributed by atoms with Crippen LogP contribution in [-0.2, 0) is 11.2 Å². The predicted molar refractivity (Wildman–Crippen MR) is 95.8 cm³/mol. The van der Waals surface area contributed by atoms with E-state index in [1.54, 1.807) is 18.2 Å². The zero-order valence-electron chi connectivity index (χ0n) is 13.3. The fourth-order valence-electron chi connectivity index (χ4n) is 2.75. The van der Waals surface area contributed by atoms with E-state index in [0.29, 0.717) is 16.3 Å². The molecule has 0 saturated carbocycles. The summed E-state index contributed by atoms with van der Waals surface area (Å²) in [6, 6.07) is 4.96. The van der Waals surface area contributed by atoms with Gasteiger partial charge in [0.25, 0.3) is 5.91 Å². The Bertz CT molecular complexity index is 769. The summed E-state index contributed by atoms with van der Waals surface area (Å²) in [5.74, 6) is -0.276. The standard InChI is InChI=1S/C17H18ClN3O2S/c1-11-19-13(10-24-11)9-16(22)20-15-8-12(18)4-5-14(15)17(23)21-6-2-3-7-21/h4-5,8,10H,2-3,6-7,9H2,1H3,(H,20,22). The average molecular weight is 364 g/mol. The van der Waals surface area contributed by atoms with Gasteiger partial charge >= 0.3 is 0 Å². The lowest BCUT2D eigenvalue weighted by atomic mass is 10.1. The van der Waals surface area contributed by atoms with Gasteiger partial charge in [0.15, 0.2) is 0 Å². The monoisotopic (exact) mass is 363 g/mol. The van der Waals surface area contributed by atoms with Gasteiger partial charge in [0.05, 0.1) is 28.4 Å². The van der Waals surface area contributed by atoms with Gasteiger partial charge in [0, 0.05) is 23.5 Å². The number of carbonyl (C=O) groups is 2. The molecule has 1 N–H and O–H groups in total. The summed E-state index contributed by atoms with van der Waals surface area (Å²) in [5.41, 5.74) is 1.66. The minimum absolute atomic E-state index is 0.0658. The highest BCUT2D eigenvalue weighted by Crippen LogP contribution is 2.24. The second-order valence-electron chi connectivity index (χ2n) is 5.77. The van der Waals surface area contributed by atoms with Crippen molar-refractivity contribution in [1.82, 2.24) is 9.88 Å². The Kier molecular flexibility index (Phi) is 5.16. The molecule has 0 bridgehead atoms. The maximum atomic E-state index is 12.6. The number of amides is 2. The van der Waals surface area contributed by atoms with Crippen molar-refractivity contribution in [3.8, 4) is 0 Å². The number of thiazole rings is 1. The van der Waals surface area contributed by atoms with E-state index in [1.165, 1.54) is 11.3 Å². The van der Waals surface area contributed by atoms with E-state index >= 15 is 0 Å². The summed E-state index contributed by atoms with van der Waals surface area (Å²) in [6.07, 6.45) is 2.21. The summed E-state index contributed by atoms with van der Waals surface area (Å²) in [5, 5.41) is 6.07. The van der Waals surface area contributed by atoms with Gasteiger partial charge in [-0.3, -0.25) is 9.59 Å². The van der Waals surface area contributed by atoms with Crippen molar-refractivity contribution in [3.63, 3.8) is 0 Å². The van der Waals surface area contributed by atoms with Crippen LogP contribution in [0.15, 0.2) is 23.6 Å². The molecule has 0 radical (unpaired) electrons. The largest absolute Gasteiger partial charge is 0.339 e. The number of likely N-dealkylation sites (tertiary alicyclic amines) is 1. The number of carbonyl (C=O) groups excluding carboxylic acids is 2.